The molecule has 0 radical (unpaired) electrons. The summed E-state index contributed by atoms with van der Waals surface area (Å²) in [5.74, 6) is -0.174. The Hall–Kier alpha value is -2.89. The summed E-state index contributed by atoms with van der Waals surface area (Å²) in [5.41, 5.74) is 2.46. The number of hydrogen-bond acceptors (Lipinski definition) is 3. The number of hydrogen-bond donors (Lipinski definition) is 1. The van der Waals surface area contributed by atoms with Gasteiger partial charge in [0.2, 0.25) is 5.91 Å². The van der Waals surface area contributed by atoms with Crippen molar-refractivity contribution in [2.24, 2.45) is 7.05 Å². The van der Waals surface area contributed by atoms with Gasteiger partial charge in [0, 0.05) is 26.0 Å². The lowest BCUT2D eigenvalue weighted by molar-refractivity contribution is -0.121. The molecule has 3 aromatic rings. The summed E-state index contributed by atoms with van der Waals surface area (Å²) < 4.78 is 3.05. The molecular formula is C17H18N4O2. The number of pyridine rings is 1. The van der Waals surface area contributed by atoms with Crippen molar-refractivity contribution >= 4 is 16.9 Å². The molecule has 23 heavy (non-hydrogen) atoms. The third-order valence-electron chi connectivity index (χ3n) is 3.81. The topological polar surface area (TPSA) is 68.9 Å². The van der Waals surface area contributed by atoms with Gasteiger partial charge in [-0.2, -0.15) is 0 Å². The van der Waals surface area contributed by atoms with Gasteiger partial charge in [0.15, 0.2) is 0 Å². The minimum absolute atomic E-state index is 0.0211. The van der Waals surface area contributed by atoms with E-state index in [2.05, 4.69) is 10.3 Å². The second kappa shape index (κ2) is 6.48. The number of carbonyl (C=O) groups is 1. The Morgan fingerprint density at radius 1 is 1.17 bits per heavy atom. The van der Waals surface area contributed by atoms with Crippen LogP contribution in [0.3, 0.4) is 0 Å². The maximum Gasteiger partial charge on any atom is 0.329 e. The quantitative estimate of drug-likeness (QED) is 0.767. The highest BCUT2D eigenvalue weighted by molar-refractivity contribution is 5.80. The molecule has 0 bridgehead atoms. The molecule has 0 atom stereocenters. The van der Waals surface area contributed by atoms with E-state index in [4.69, 9.17) is 0 Å². The number of rotatable bonds is 5. The van der Waals surface area contributed by atoms with Gasteiger partial charge in [0.05, 0.1) is 11.0 Å². The van der Waals surface area contributed by atoms with Crippen molar-refractivity contribution in [3.8, 4) is 0 Å². The number of fused-ring (bicyclic) bond motifs is 1. The average Bonchev–Trinajstić information content (AvgIpc) is 2.81. The first kappa shape index (κ1) is 15.0. The zero-order valence-corrected chi connectivity index (χ0v) is 12.9. The third-order valence-corrected chi connectivity index (χ3v) is 3.81. The van der Waals surface area contributed by atoms with Crippen LogP contribution in [0.1, 0.15) is 5.56 Å². The molecule has 2 heterocycles. The molecule has 1 amide bonds. The molecule has 0 aliphatic carbocycles. The van der Waals surface area contributed by atoms with Crippen LogP contribution in [0, 0.1) is 0 Å². The van der Waals surface area contributed by atoms with E-state index in [1.54, 1.807) is 24.0 Å². The highest BCUT2D eigenvalue weighted by Gasteiger charge is 2.12. The summed E-state index contributed by atoms with van der Waals surface area (Å²) in [7, 11) is 1.71. The van der Waals surface area contributed by atoms with Crippen molar-refractivity contribution in [2.45, 2.75) is 13.0 Å². The second-order valence-corrected chi connectivity index (χ2v) is 5.38. The van der Waals surface area contributed by atoms with Gasteiger partial charge in [-0.05, 0) is 30.2 Å². The standard InChI is InChI=1S/C17H18N4O2/c1-20-14-6-2-3-7-15(14)21(17(20)23)12-16(22)19-10-8-13-5-4-9-18-11-13/h2-7,9,11H,8,10,12H2,1H3,(H,19,22). The highest BCUT2D eigenvalue weighted by Crippen LogP contribution is 2.11. The maximum absolute atomic E-state index is 12.3. The summed E-state index contributed by atoms with van der Waals surface area (Å²) >= 11 is 0. The van der Waals surface area contributed by atoms with Gasteiger partial charge in [0.25, 0.3) is 0 Å². The number of para-hydroxylation sites is 2. The molecule has 0 aliphatic heterocycles. The maximum atomic E-state index is 12.3. The Kier molecular flexibility index (Phi) is 4.23. The summed E-state index contributed by atoms with van der Waals surface area (Å²) in [5, 5.41) is 2.85. The van der Waals surface area contributed by atoms with Gasteiger partial charge in [-0.3, -0.25) is 18.9 Å². The van der Waals surface area contributed by atoms with Crippen molar-refractivity contribution in [3.05, 3.63) is 64.8 Å². The van der Waals surface area contributed by atoms with E-state index in [1.165, 1.54) is 4.57 Å². The van der Waals surface area contributed by atoms with E-state index in [0.29, 0.717) is 13.0 Å². The van der Waals surface area contributed by atoms with Crippen LogP contribution < -0.4 is 11.0 Å². The molecule has 1 aromatic carbocycles. The Balaban J connectivity index is 1.67. The normalized spacial score (nSPS) is 10.8. The lowest BCUT2D eigenvalue weighted by Gasteiger charge is -2.06. The summed E-state index contributed by atoms with van der Waals surface area (Å²) in [4.78, 5) is 28.4. The van der Waals surface area contributed by atoms with Crippen LogP contribution >= 0.6 is 0 Å². The smallest absolute Gasteiger partial charge is 0.329 e. The van der Waals surface area contributed by atoms with E-state index in [-0.39, 0.29) is 18.1 Å². The molecule has 6 heteroatoms. The van der Waals surface area contributed by atoms with Gasteiger partial charge < -0.3 is 5.32 Å². The number of amides is 1. The minimum Gasteiger partial charge on any atom is -0.354 e. The van der Waals surface area contributed by atoms with Crippen molar-refractivity contribution in [2.75, 3.05) is 6.54 Å². The van der Waals surface area contributed by atoms with Gasteiger partial charge in [-0.25, -0.2) is 4.79 Å². The molecule has 3 rings (SSSR count). The summed E-state index contributed by atoms with van der Waals surface area (Å²) in [6.07, 6.45) is 4.21. The van der Waals surface area contributed by atoms with Crippen LogP contribution in [0.2, 0.25) is 0 Å². The number of aryl methyl sites for hydroxylation is 1. The number of nitrogens with one attached hydrogen (secondary N) is 1. The molecule has 0 unspecified atom stereocenters. The predicted octanol–water partition coefficient (Wildman–Crippen LogP) is 1.09. The Bertz CT molecular complexity index is 880. The lowest BCUT2D eigenvalue weighted by atomic mass is 10.2. The van der Waals surface area contributed by atoms with Crippen LogP contribution in [0.15, 0.2) is 53.6 Å². The third kappa shape index (κ3) is 3.15. The second-order valence-electron chi connectivity index (χ2n) is 5.38. The highest BCUT2D eigenvalue weighted by atomic mass is 16.2. The molecule has 118 valence electrons. The summed E-state index contributed by atoms with van der Waals surface area (Å²) in [6.45, 7) is 0.539. The van der Waals surface area contributed by atoms with E-state index in [0.717, 1.165) is 16.6 Å². The molecule has 0 spiro atoms. The zero-order chi connectivity index (χ0) is 16.2. The predicted molar refractivity (Wildman–Crippen MR) is 88.1 cm³/mol. The van der Waals surface area contributed by atoms with Gasteiger partial charge in [0.1, 0.15) is 6.54 Å². The zero-order valence-electron chi connectivity index (χ0n) is 12.9. The number of nitrogens with zero attached hydrogens (tertiary/aromatic N) is 3. The monoisotopic (exact) mass is 310 g/mol. The van der Waals surface area contributed by atoms with Crippen LogP contribution in [0.4, 0.5) is 0 Å². The van der Waals surface area contributed by atoms with Crippen molar-refractivity contribution in [3.63, 3.8) is 0 Å². The fourth-order valence-electron chi connectivity index (χ4n) is 2.61. The van der Waals surface area contributed by atoms with Crippen molar-refractivity contribution < 1.29 is 4.79 Å². The van der Waals surface area contributed by atoms with E-state index in [9.17, 15) is 9.59 Å². The Morgan fingerprint density at radius 3 is 2.70 bits per heavy atom. The first-order chi connectivity index (χ1) is 11.2. The molecule has 6 nitrogen and oxygen atoms in total. The van der Waals surface area contributed by atoms with Crippen LogP contribution in [0.25, 0.3) is 11.0 Å². The van der Waals surface area contributed by atoms with Crippen molar-refractivity contribution in [1.29, 1.82) is 0 Å². The SMILES string of the molecule is Cn1c(=O)n(CC(=O)NCCc2cccnc2)c2ccccc21. The Morgan fingerprint density at radius 2 is 1.96 bits per heavy atom. The first-order valence-electron chi connectivity index (χ1n) is 7.46. The fourth-order valence-corrected chi connectivity index (χ4v) is 2.61. The lowest BCUT2D eigenvalue weighted by Crippen LogP contribution is -2.33. The van der Waals surface area contributed by atoms with Crippen molar-refractivity contribution in [1.82, 2.24) is 19.4 Å². The van der Waals surface area contributed by atoms with Gasteiger partial charge in [-0.15, -0.1) is 0 Å². The molecule has 2 aromatic heterocycles. The van der Waals surface area contributed by atoms with Gasteiger partial charge >= 0.3 is 5.69 Å². The molecule has 0 saturated heterocycles. The average molecular weight is 310 g/mol. The molecule has 0 fully saturated rings. The van der Waals surface area contributed by atoms with Crippen LogP contribution in [-0.2, 0) is 24.8 Å². The first-order valence-corrected chi connectivity index (χ1v) is 7.46. The fraction of sp³-hybridized carbons (Fsp3) is 0.235. The van der Waals surface area contributed by atoms with Crippen LogP contribution in [0.5, 0.6) is 0 Å². The van der Waals surface area contributed by atoms with E-state index >= 15 is 0 Å². The molecule has 0 aliphatic rings. The number of imidazole rings is 1. The van der Waals surface area contributed by atoms with Crippen LogP contribution in [-0.4, -0.2) is 26.6 Å². The number of aromatic nitrogens is 3. The summed E-state index contributed by atoms with van der Waals surface area (Å²) in [6, 6.07) is 11.3. The molecule has 0 saturated carbocycles. The molecular weight excluding hydrogens is 292 g/mol. The molecule has 1 N–H and O–H groups in total. The largest absolute Gasteiger partial charge is 0.354 e. The van der Waals surface area contributed by atoms with E-state index < -0.39 is 0 Å². The Labute approximate surface area is 133 Å². The number of carbonyl (C=O) groups excluding carboxylic acids is 1. The van der Waals surface area contributed by atoms with Gasteiger partial charge in [-0.1, -0.05) is 18.2 Å². The van der Waals surface area contributed by atoms with E-state index in [1.807, 2.05) is 36.4 Å². The minimum atomic E-state index is -0.186. The number of benzene rings is 1.